The molecule has 2 heterocycles. The molecule has 31 heavy (non-hydrogen) atoms. The lowest BCUT2D eigenvalue weighted by Gasteiger charge is -2.24. The molecule has 0 bridgehead atoms. The molecule has 2 aromatic carbocycles. The van der Waals surface area contributed by atoms with Crippen molar-refractivity contribution in [2.75, 3.05) is 6.61 Å². The normalized spacial score (nSPS) is 17.9. The monoisotopic (exact) mass is 417 g/mol. The van der Waals surface area contributed by atoms with E-state index in [-0.39, 0.29) is 17.9 Å². The van der Waals surface area contributed by atoms with Gasteiger partial charge < -0.3 is 19.2 Å². The summed E-state index contributed by atoms with van der Waals surface area (Å²) in [4.78, 5) is 27.4. The van der Waals surface area contributed by atoms with E-state index in [1.165, 1.54) is 11.2 Å². The molecule has 1 saturated heterocycles. The minimum Gasteiger partial charge on any atom is -0.507 e. The van der Waals surface area contributed by atoms with Crippen molar-refractivity contribution in [1.82, 2.24) is 4.90 Å². The van der Waals surface area contributed by atoms with Crippen LogP contribution in [0.15, 0.2) is 76.9 Å². The number of benzene rings is 2. The molecule has 1 N–H and O–H groups in total. The Morgan fingerprint density at radius 1 is 1.06 bits per heavy atom. The number of hydrogen-bond donors (Lipinski definition) is 1. The summed E-state index contributed by atoms with van der Waals surface area (Å²) >= 11 is 0. The van der Waals surface area contributed by atoms with Gasteiger partial charge in [-0.1, -0.05) is 42.0 Å². The summed E-state index contributed by atoms with van der Waals surface area (Å²) in [5.41, 5.74) is 2.27. The number of furan rings is 1. The number of aryl methyl sites for hydroxylation is 1. The number of nitrogens with zero attached hydrogens (tertiary/aromatic N) is 1. The molecule has 6 nitrogen and oxygen atoms in total. The summed E-state index contributed by atoms with van der Waals surface area (Å²) in [6.07, 6.45) is 1.52. The van der Waals surface area contributed by atoms with Gasteiger partial charge in [-0.3, -0.25) is 9.59 Å². The van der Waals surface area contributed by atoms with Crippen LogP contribution >= 0.6 is 0 Å². The van der Waals surface area contributed by atoms with Crippen molar-refractivity contribution >= 4 is 17.4 Å². The summed E-state index contributed by atoms with van der Waals surface area (Å²) in [7, 11) is 0. The summed E-state index contributed by atoms with van der Waals surface area (Å²) in [5.74, 6) is -0.354. The predicted octanol–water partition coefficient (Wildman–Crippen LogP) is 4.61. The van der Waals surface area contributed by atoms with Crippen molar-refractivity contribution in [2.45, 2.75) is 26.4 Å². The van der Waals surface area contributed by atoms with Crippen molar-refractivity contribution in [1.29, 1.82) is 0 Å². The Morgan fingerprint density at radius 3 is 2.39 bits per heavy atom. The van der Waals surface area contributed by atoms with Crippen LogP contribution in [0.3, 0.4) is 0 Å². The van der Waals surface area contributed by atoms with Gasteiger partial charge in [-0.2, -0.15) is 0 Å². The van der Waals surface area contributed by atoms with Gasteiger partial charge in [-0.15, -0.1) is 0 Å². The van der Waals surface area contributed by atoms with E-state index in [0.29, 0.717) is 29.2 Å². The van der Waals surface area contributed by atoms with Gasteiger partial charge in [0.25, 0.3) is 11.7 Å². The molecule has 0 spiro atoms. The largest absolute Gasteiger partial charge is 0.507 e. The smallest absolute Gasteiger partial charge is 0.296 e. The molecule has 1 atom stereocenters. The third-order valence-corrected chi connectivity index (χ3v) is 5.28. The molecule has 0 radical (unpaired) electrons. The van der Waals surface area contributed by atoms with E-state index in [4.69, 9.17) is 9.15 Å². The van der Waals surface area contributed by atoms with E-state index < -0.39 is 17.7 Å². The molecular formula is C25H23NO5. The number of aliphatic hydroxyl groups is 1. The van der Waals surface area contributed by atoms with Gasteiger partial charge in [0.15, 0.2) is 0 Å². The Morgan fingerprint density at radius 2 is 1.77 bits per heavy atom. The molecule has 1 aliphatic heterocycles. The fraction of sp³-hybridized carbons (Fsp3) is 0.200. The van der Waals surface area contributed by atoms with Crippen LogP contribution < -0.4 is 4.74 Å². The fourth-order valence-electron chi connectivity index (χ4n) is 3.74. The minimum atomic E-state index is -0.748. The van der Waals surface area contributed by atoms with Gasteiger partial charge in [-0.25, -0.2) is 0 Å². The first-order valence-corrected chi connectivity index (χ1v) is 10.1. The third kappa shape index (κ3) is 3.97. The van der Waals surface area contributed by atoms with E-state index in [1.54, 1.807) is 48.5 Å². The van der Waals surface area contributed by atoms with Crippen LogP contribution in [0.4, 0.5) is 0 Å². The van der Waals surface area contributed by atoms with Crippen LogP contribution in [0.5, 0.6) is 5.75 Å². The highest BCUT2D eigenvalue weighted by molar-refractivity contribution is 6.46. The van der Waals surface area contributed by atoms with Crippen LogP contribution in [0.2, 0.25) is 0 Å². The number of Topliss-reactive ketones (excluding diaryl/α,β-unsaturated/α-hetero) is 1. The van der Waals surface area contributed by atoms with Crippen molar-refractivity contribution in [3.05, 3.63) is 95.0 Å². The number of ether oxygens (including phenoxy) is 1. The topological polar surface area (TPSA) is 80.0 Å². The Kier molecular flexibility index (Phi) is 5.62. The number of aliphatic hydroxyl groups excluding tert-OH is 1. The Balaban J connectivity index is 1.82. The van der Waals surface area contributed by atoms with E-state index >= 15 is 0 Å². The van der Waals surface area contributed by atoms with Crippen LogP contribution in [0.25, 0.3) is 5.76 Å². The first-order chi connectivity index (χ1) is 15.0. The average molecular weight is 417 g/mol. The highest BCUT2D eigenvalue weighted by Crippen LogP contribution is 2.40. The third-order valence-electron chi connectivity index (χ3n) is 5.28. The van der Waals surface area contributed by atoms with Gasteiger partial charge in [0.1, 0.15) is 17.3 Å². The Labute approximate surface area is 180 Å². The maximum absolute atomic E-state index is 13.0. The summed E-state index contributed by atoms with van der Waals surface area (Å²) in [6, 6.07) is 17.1. The number of rotatable bonds is 6. The standard InChI is InChI=1S/C25H23NO5/c1-3-30-19-12-10-17(11-13-19)22-21(23(27)18-8-6-16(2)7-9-18)24(28)25(29)26(22)15-20-5-4-14-31-20/h4-14,22,27H,3,15H2,1-2H3/t22-/m0/s1. The van der Waals surface area contributed by atoms with E-state index in [9.17, 15) is 14.7 Å². The molecule has 1 fully saturated rings. The van der Waals surface area contributed by atoms with Crippen molar-refractivity contribution in [3.63, 3.8) is 0 Å². The quantitative estimate of drug-likeness (QED) is 0.360. The molecular weight excluding hydrogens is 394 g/mol. The van der Waals surface area contributed by atoms with Crippen molar-refractivity contribution in [2.24, 2.45) is 0 Å². The summed E-state index contributed by atoms with van der Waals surface area (Å²) in [6.45, 7) is 4.48. The van der Waals surface area contributed by atoms with Crippen LogP contribution in [0.1, 0.15) is 35.4 Å². The second-order valence-corrected chi connectivity index (χ2v) is 7.37. The van der Waals surface area contributed by atoms with Gasteiger partial charge in [0.05, 0.1) is 31.0 Å². The van der Waals surface area contributed by atoms with Gasteiger partial charge >= 0.3 is 0 Å². The molecule has 0 saturated carbocycles. The number of carbonyl (C=O) groups excluding carboxylic acids is 2. The highest BCUT2D eigenvalue weighted by atomic mass is 16.5. The van der Waals surface area contributed by atoms with Crippen molar-refractivity contribution in [3.8, 4) is 5.75 Å². The highest BCUT2D eigenvalue weighted by Gasteiger charge is 2.46. The second kappa shape index (κ2) is 8.52. The first kappa shape index (κ1) is 20.5. The summed E-state index contributed by atoms with van der Waals surface area (Å²) < 4.78 is 10.9. The lowest BCUT2D eigenvalue weighted by molar-refractivity contribution is -0.140. The van der Waals surface area contributed by atoms with E-state index in [0.717, 1.165) is 5.56 Å². The molecule has 1 aliphatic rings. The van der Waals surface area contributed by atoms with Crippen LogP contribution in [-0.4, -0.2) is 28.3 Å². The molecule has 6 heteroatoms. The maximum Gasteiger partial charge on any atom is 0.296 e. The molecule has 158 valence electrons. The van der Waals surface area contributed by atoms with Gasteiger partial charge in [0.2, 0.25) is 0 Å². The Hall–Kier alpha value is -3.80. The number of likely N-dealkylation sites (tertiary alicyclic amines) is 1. The van der Waals surface area contributed by atoms with Crippen molar-refractivity contribution < 1.29 is 23.8 Å². The fourth-order valence-corrected chi connectivity index (χ4v) is 3.74. The van der Waals surface area contributed by atoms with Crippen LogP contribution in [-0.2, 0) is 16.1 Å². The number of carbonyl (C=O) groups is 2. The lowest BCUT2D eigenvalue weighted by atomic mass is 9.95. The first-order valence-electron chi connectivity index (χ1n) is 10.1. The Bertz CT molecular complexity index is 1110. The summed E-state index contributed by atoms with van der Waals surface area (Å²) in [5, 5.41) is 11.0. The zero-order chi connectivity index (χ0) is 22.0. The molecule has 3 aromatic rings. The zero-order valence-corrected chi connectivity index (χ0v) is 17.4. The second-order valence-electron chi connectivity index (χ2n) is 7.37. The SMILES string of the molecule is CCOc1ccc([C@H]2C(=C(O)c3ccc(C)cc3)C(=O)C(=O)N2Cc2ccco2)cc1. The number of amides is 1. The molecule has 1 amide bonds. The minimum absolute atomic E-state index is 0.0598. The molecule has 4 rings (SSSR count). The number of ketones is 1. The van der Waals surface area contributed by atoms with Crippen LogP contribution in [0, 0.1) is 6.92 Å². The lowest BCUT2D eigenvalue weighted by Crippen LogP contribution is -2.29. The van der Waals surface area contributed by atoms with E-state index in [2.05, 4.69) is 0 Å². The number of hydrogen-bond acceptors (Lipinski definition) is 5. The molecule has 0 unspecified atom stereocenters. The molecule has 1 aromatic heterocycles. The maximum atomic E-state index is 13.0. The zero-order valence-electron chi connectivity index (χ0n) is 17.4. The average Bonchev–Trinajstić information content (AvgIpc) is 3.37. The predicted molar refractivity (Wildman–Crippen MR) is 115 cm³/mol. The molecule has 0 aliphatic carbocycles. The van der Waals surface area contributed by atoms with Gasteiger partial charge in [-0.05, 0) is 43.7 Å². The van der Waals surface area contributed by atoms with Gasteiger partial charge in [0, 0.05) is 5.56 Å². The van der Waals surface area contributed by atoms with E-state index in [1.807, 2.05) is 26.0 Å².